The van der Waals surface area contributed by atoms with E-state index in [0.29, 0.717) is 29.0 Å². The molecule has 0 saturated heterocycles. The smallest absolute Gasteiger partial charge is 0.257 e. The predicted molar refractivity (Wildman–Crippen MR) is 80.9 cm³/mol. The van der Waals surface area contributed by atoms with E-state index in [1.807, 2.05) is 4.90 Å². The van der Waals surface area contributed by atoms with Crippen molar-refractivity contribution in [2.75, 3.05) is 19.4 Å². The number of nitrogens with two attached hydrogens (primary N) is 1. The van der Waals surface area contributed by atoms with E-state index in [9.17, 15) is 4.79 Å². The van der Waals surface area contributed by atoms with Crippen LogP contribution in [0.15, 0.2) is 18.2 Å². The molecule has 1 fully saturated rings. The van der Waals surface area contributed by atoms with Gasteiger partial charge in [-0.25, -0.2) is 0 Å². The van der Waals surface area contributed by atoms with Gasteiger partial charge in [-0.1, -0.05) is 13.8 Å². The second-order valence-corrected chi connectivity index (χ2v) is 5.87. The first-order valence-corrected chi connectivity index (χ1v) is 7.27. The number of nitrogens with zero attached hydrogens (tertiary/aromatic N) is 1. The highest BCUT2D eigenvalue weighted by Crippen LogP contribution is 2.31. The Morgan fingerprint density at radius 3 is 2.70 bits per heavy atom. The van der Waals surface area contributed by atoms with Crippen molar-refractivity contribution >= 4 is 11.6 Å². The Morgan fingerprint density at radius 2 is 2.15 bits per heavy atom. The largest absolute Gasteiger partial charge is 0.496 e. The summed E-state index contributed by atoms with van der Waals surface area (Å²) in [5, 5.41) is 0. The average Bonchev–Trinajstić information content (AvgIpc) is 3.22. The minimum Gasteiger partial charge on any atom is -0.496 e. The van der Waals surface area contributed by atoms with Crippen molar-refractivity contribution in [1.82, 2.24) is 4.90 Å². The van der Waals surface area contributed by atoms with Crippen LogP contribution in [-0.2, 0) is 0 Å². The van der Waals surface area contributed by atoms with E-state index in [1.165, 1.54) is 0 Å². The lowest BCUT2D eigenvalue weighted by Crippen LogP contribution is -2.34. The Bertz CT molecular complexity index is 481. The van der Waals surface area contributed by atoms with Crippen molar-refractivity contribution in [3.05, 3.63) is 23.8 Å². The number of nitrogen functional groups attached to an aromatic ring is 1. The van der Waals surface area contributed by atoms with Gasteiger partial charge in [-0.15, -0.1) is 0 Å². The molecule has 20 heavy (non-hydrogen) atoms. The van der Waals surface area contributed by atoms with Crippen LogP contribution in [-0.4, -0.2) is 30.5 Å². The Morgan fingerprint density at radius 1 is 1.45 bits per heavy atom. The summed E-state index contributed by atoms with van der Waals surface area (Å²) in [5.41, 5.74) is 6.96. The summed E-state index contributed by atoms with van der Waals surface area (Å²) in [7, 11) is 1.57. The van der Waals surface area contributed by atoms with E-state index < -0.39 is 0 Å². The van der Waals surface area contributed by atoms with E-state index in [4.69, 9.17) is 10.5 Å². The van der Waals surface area contributed by atoms with Gasteiger partial charge in [0.25, 0.3) is 5.91 Å². The highest BCUT2D eigenvalue weighted by Gasteiger charge is 2.33. The molecule has 1 aliphatic carbocycles. The molecule has 0 aliphatic heterocycles. The lowest BCUT2D eigenvalue weighted by Gasteiger charge is -2.24. The van der Waals surface area contributed by atoms with Crippen molar-refractivity contribution in [2.45, 2.75) is 39.2 Å². The number of carbonyl (C=O) groups is 1. The lowest BCUT2D eigenvalue weighted by atomic mass is 10.1. The first-order chi connectivity index (χ1) is 9.52. The van der Waals surface area contributed by atoms with Crippen molar-refractivity contribution in [3.63, 3.8) is 0 Å². The normalized spacial score (nSPS) is 14.4. The summed E-state index contributed by atoms with van der Waals surface area (Å²) in [4.78, 5) is 14.7. The molecule has 2 rings (SSSR count). The fourth-order valence-corrected chi connectivity index (χ4v) is 2.27. The van der Waals surface area contributed by atoms with E-state index in [0.717, 1.165) is 25.8 Å². The van der Waals surface area contributed by atoms with Crippen molar-refractivity contribution < 1.29 is 9.53 Å². The number of rotatable bonds is 6. The molecular formula is C16H24N2O2. The maximum atomic E-state index is 12.7. The first-order valence-electron chi connectivity index (χ1n) is 7.27. The Hall–Kier alpha value is -1.71. The Balaban J connectivity index is 2.18. The minimum absolute atomic E-state index is 0.0602. The number of hydrogen-bond donors (Lipinski definition) is 1. The van der Waals surface area contributed by atoms with Crippen molar-refractivity contribution in [1.29, 1.82) is 0 Å². The summed E-state index contributed by atoms with van der Waals surface area (Å²) in [6.07, 6.45) is 3.25. The highest BCUT2D eigenvalue weighted by molar-refractivity contribution is 5.97. The average molecular weight is 276 g/mol. The van der Waals surface area contributed by atoms with Crippen LogP contribution in [0, 0.1) is 5.92 Å². The third kappa shape index (κ3) is 3.44. The fraction of sp³-hybridized carbons (Fsp3) is 0.562. The van der Waals surface area contributed by atoms with E-state index in [-0.39, 0.29) is 5.91 Å². The minimum atomic E-state index is 0.0602. The van der Waals surface area contributed by atoms with E-state index in [2.05, 4.69) is 13.8 Å². The van der Waals surface area contributed by atoms with E-state index in [1.54, 1.807) is 25.3 Å². The Kier molecular flexibility index (Phi) is 4.53. The van der Waals surface area contributed by atoms with Crippen LogP contribution in [0.3, 0.4) is 0 Å². The molecule has 2 N–H and O–H groups in total. The van der Waals surface area contributed by atoms with Gasteiger partial charge in [-0.2, -0.15) is 0 Å². The molecule has 1 aromatic rings. The summed E-state index contributed by atoms with van der Waals surface area (Å²) in [6, 6.07) is 5.63. The molecule has 1 amide bonds. The molecule has 0 aromatic heterocycles. The molecule has 1 aromatic carbocycles. The molecule has 0 atom stereocenters. The SMILES string of the molecule is COc1cc(N)ccc1C(=O)N(CCC(C)C)C1CC1. The Labute approximate surface area is 120 Å². The van der Waals surface area contributed by atoms with Gasteiger partial charge in [-0.05, 0) is 37.3 Å². The molecule has 1 saturated carbocycles. The summed E-state index contributed by atoms with van der Waals surface area (Å²) in [5.74, 6) is 1.22. The van der Waals surface area contributed by atoms with E-state index >= 15 is 0 Å². The van der Waals surface area contributed by atoms with Crippen LogP contribution in [0.1, 0.15) is 43.5 Å². The maximum absolute atomic E-state index is 12.7. The number of benzene rings is 1. The standard InChI is InChI=1S/C16H24N2O2/c1-11(2)8-9-18(13-5-6-13)16(19)14-7-4-12(17)10-15(14)20-3/h4,7,10-11,13H,5-6,8-9,17H2,1-3H3. The van der Waals surface area contributed by atoms with Crippen LogP contribution < -0.4 is 10.5 Å². The molecule has 0 heterocycles. The van der Waals surface area contributed by atoms with Crippen LogP contribution in [0.4, 0.5) is 5.69 Å². The number of methoxy groups -OCH3 is 1. The summed E-state index contributed by atoms with van der Waals surface area (Å²) < 4.78 is 5.30. The number of carbonyl (C=O) groups excluding carboxylic acids is 1. The second-order valence-electron chi connectivity index (χ2n) is 5.87. The number of anilines is 1. The second kappa shape index (κ2) is 6.16. The monoisotopic (exact) mass is 276 g/mol. The molecule has 0 bridgehead atoms. The lowest BCUT2D eigenvalue weighted by molar-refractivity contribution is 0.0732. The van der Waals surface area contributed by atoms with Gasteiger partial charge in [0.2, 0.25) is 0 Å². The van der Waals surface area contributed by atoms with Gasteiger partial charge < -0.3 is 15.4 Å². The van der Waals surface area contributed by atoms with Crippen LogP contribution >= 0.6 is 0 Å². The molecule has 0 unspecified atom stereocenters. The predicted octanol–water partition coefficient (Wildman–Crippen LogP) is 2.93. The fourth-order valence-electron chi connectivity index (χ4n) is 2.27. The molecule has 0 spiro atoms. The van der Waals surface area contributed by atoms with Crippen LogP contribution in [0.5, 0.6) is 5.75 Å². The zero-order chi connectivity index (χ0) is 14.7. The quantitative estimate of drug-likeness (QED) is 0.813. The zero-order valence-electron chi connectivity index (χ0n) is 12.6. The third-order valence-corrected chi connectivity index (χ3v) is 3.65. The van der Waals surface area contributed by atoms with Gasteiger partial charge in [0.15, 0.2) is 0 Å². The molecule has 1 aliphatic rings. The van der Waals surface area contributed by atoms with Gasteiger partial charge in [0.1, 0.15) is 5.75 Å². The summed E-state index contributed by atoms with van der Waals surface area (Å²) >= 11 is 0. The maximum Gasteiger partial charge on any atom is 0.257 e. The number of ether oxygens (including phenoxy) is 1. The molecule has 4 heteroatoms. The van der Waals surface area contributed by atoms with Crippen molar-refractivity contribution in [3.8, 4) is 5.75 Å². The first kappa shape index (κ1) is 14.7. The van der Waals surface area contributed by atoms with Gasteiger partial charge in [-0.3, -0.25) is 4.79 Å². The van der Waals surface area contributed by atoms with Gasteiger partial charge >= 0.3 is 0 Å². The summed E-state index contributed by atoms with van der Waals surface area (Å²) in [6.45, 7) is 5.17. The molecule has 110 valence electrons. The van der Waals surface area contributed by atoms with Crippen LogP contribution in [0.2, 0.25) is 0 Å². The number of hydrogen-bond acceptors (Lipinski definition) is 3. The van der Waals surface area contributed by atoms with Gasteiger partial charge in [0.05, 0.1) is 12.7 Å². The molecule has 4 nitrogen and oxygen atoms in total. The van der Waals surface area contributed by atoms with Crippen molar-refractivity contribution in [2.24, 2.45) is 5.92 Å². The van der Waals surface area contributed by atoms with Crippen LogP contribution in [0.25, 0.3) is 0 Å². The number of amides is 1. The topological polar surface area (TPSA) is 55.6 Å². The van der Waals surface area contributed by atoms with Gasteiger partial charge in [0, 0.05) is 24.3 Å². The molecular weight excluding hydrogens is 252 g/mol. The zero-order valence-corrected chi connectivity index (χ0v) is 12.6. The third-order valence-electron chi connectivity index (χ3n) is 3.65. The molecule has 0 radical (unpaired) electrons. The highest BCUT2D eigenvalue weighted by atomic mass is 16.5.